The summed E-state index contributed by atoms with van der Waals surface area (Å²) in [6.45, 7) is 0. The normalized spacial score (nSPS) is 11.6. The minimum absolute atomic E-state index is 0.152. The maximum atomic E-state index is 9.55. The van der Waals surface area contributed by atoms with Crippen molar-refractivity contribution in [2.45, 2.75) is 6.10 Å². The van der Waals surface area contributed by atoms with Crippen LogP contribution in [0.1, 0.15) is 11.7 Å². The van der Waals surface area contributed by atoms with Crippen LogP contribution in [0.5, 0.6) is 17.2 Å². The predicted molar refractivity (Wildman–Crippen MR) is 51.8 cm³/mol. The number of aromatic hydroxyl groups is 1. The van der Waals surface area contributed by atoms with Gasteiger partial charge >= 0.3 is 0 Å². The Morgan fingerprint density at radius 3 is 2.07 bits per heavy atom. The zero-order valence-electron chi connectivity index (χ0n) is 8.39. The first-order valence-corrected chi connectivity index (χ1v) is 4.16. The van der Waals surface area contributed by atoms with Gasteiger partial charge in [0.1, 0.15) is 0 Å². The van der Waals surface area contributed by atoms with Crippen molar-refractivity contribution in [3.05, 3.63) is 17.7 Å². The molecule has 1 atom stereocenters. The van der Waals surface area contributed by atoms with Gasteiger partial charge in [-0.25, -0.2) is 0 Å². The number of ether oxygens (including phenoxy) is 2. The fourth-order valence-electron chi connectivity index (χ4n) is 1.15. The first-order chi connectivity index (χ1) is 7.13. The van der Waals surface area contributed by atoms with Crippen LogP contribution >= 0.6 is 0 Å². The van der Waals surface area contributed by atoms with E-state index in [1.807, 2.05) is 0 Å². The summed E-state index contributed by atoms with van der Waals surface area (Å²) in [5.74, 6) is 0.145. The number of rotatable bonds is 3. The predicted octanol–water partition coefficient (Wildman–Crippen LogP) is 0.966. The third-order valence-electron chi connectivity index (χ3n) is 1.94. The Morgan fingerprint density at radius 1 is 1.27 bits per heavy atom. The van der Waals surface area contributed by atoms with E-state index in [0.29, 0.717) is 5.56 Å². The van der Waals surface area contributed by atoms with Crippen molar-refractivity contribution < 1.29 is 19.7 Å². The Labute approximate surface area is 87.1 Å². The van der Waals surface area contributed by atoms with E-state index in [1.165, 1.54) is 26.4 Å². The maximum absolute atomic E-state index is 9.55. The number of phenols is 1. The molecule has 1 rings (SSSR count). The topological polar surface area (TPSA) is 82.7 Å². The molecule has 0 aliphatic heterocycles. The monoisotopic (exact) mass is 209 g/mol. The largest absolute Gasteiger partial charge is 0.502 e. The number of benzene rings is 1. The summed E-state index contributed by atoms with van der Waals surface area (Å²) in [6, 6.07) is 4.43. The molecule has 0 fully saturated rings. The number of aliphatic hydroxyl groups excluding tert-OH is 1. The highest BCUT2D eigenvalue weighted by Crippen LogP contribution is 2.38. The lowest BCUT2D eigenvalue weighted by Gasteiger charge is -2.11. The van der Waals surface area contributed by atoms with Gasteiger partial charge in [-0.05, 0) is 12.1 Å². The van der Waals surface area contributed by atoms with Gasteiger partial charge in [0.2, 0.25) is 5.75 Å². The Balaban J connectivity index is 3.28. The molecular weight excluding hydrogens is 198 g/mol. The zero-order chi connectivity index (χ0) is 11.4. The number of methoxy groups -OCH3 is 2. The molecule has 2 N–H and O–H groups in total. The standard InChI is InChI=1S/C10H11NO4/c1-14-8-3-6(7(12)5-11)4-9(15-2)10(8)13/h3-4,7,12-13H,1-2H3. The molecule has 5 nitrogen and oxygen atoms in total. The van der Waals surface area contributed by atoms with Gasteiger partial charge in [-0.3, -0.25) is 0 Å². The molecule has 0 saturated carbocycles. The molecule has 0 bridgehead atoms. The Morgan fingerprint density at radius 2 is 1.73 bits per heavy atom. The lowest BCUT2D eigenvalue weighted by molar-refractivity contribution is 0.234. The van der Waals surface area contributed by atoms with E-state index in [-0.39, 0.29) is 17.2 Å². The van der Waals surface area contributed by atoms with Gasteiger partial charge < -0.3 is 19.7 Å². The lowest BCUT2D eigenvalue weighted by Crippen LogP contribution is -1.97. The summed E-state index contributed by atoms with van der Waals surface area (Å²) in [5.41, 5.74) is 0.309. The van der Waals surface area contributed by atoms with Crippen molar-refractivity contribution in [3.8, 4) is 23.3 Å². The fraction of sp³-hybridized carbons (Fsp3) is 0.300. The third kappa shape index (κ3) is 2.11. The average Bonchev–Trinajstić information content (AvgIpc) is 2.28. The molecule has 0 spiro atoms. The summed E-state index contributed by atoms with van der Waals surface area (Å²) < 4.78 is 9.74. The summed E-state index contributed by atoms with van der Waals surface area (Å²) in [5, 5.41) is 27.4. The Bertz CT molecular complexity index is 372. The third-order valence-corrected chi connectivity index (χ3v) is 1.94. The average molecular weight is 209 g/mol. The van der Waals surface area contributed by atoms with Gasteiger partial charge in [-0.1, -0.05) is 0 Å². The van der Waals surface area contributed by atoms with E-state index in [9.17, 15) is 10.2 Å². The van der Waals surface area contributed by atoms with Crippen LogP contribution in [-0.4, -0.2) is 24.4 Å². The minimum Gasteiger partial charge on any atom is -0.502 e. The number of nitrogens with zero attached hydrogens (tertiary/aromatic N) is 1. The van der Waals surface area contributed by atoms with E-state index in [0.717, 1.165) is 0 Å². The van der Waals surface area contributed by atoms with Crippen LogP contribution in [0, 0.1) is 11.3 Å². The molecule has 5 heteroatoms. The minimum atomic E-state index is -1.27. The molecule has 80 valence electrons. The van der Waals surface area contributed by atoms with Crippen LogP contribution < -0.4 is 9.47 Å². The smallest absolute Gasteiger partial charge is 0.200 e. The summed E-state index contributed by atoms with van der Waals surface area (Å²) >= 11 is 0. The van der Waals surface area contributed by atoms with Gasteiger partial charge in [-0.15, -0.1) is 0 Å². The van der Waals surface area contributed by atoms with Crippen molar-refractivity contribution in [3.63, 3.8) is 0 Å². The van der Waals surface area contributed by atoms with Gasteiger partial charge in [-0.2, -0.15) is 5.26 Å². The van der Waals surface area contributed by atoms with Crippen molar-refractivity contribution >= 4 is 0 Å². The molecular formula is C10H11NO4. The van der Waals surface area contributed by atoms with Crippen molar-refractivity contribution in [1.29, 1.82) is 5.26 Å². The van der Waals surface area contributed by atoms with Crippen molar-refractivity contribution in [2.75, 3.05) is 14.2 Å². The highest BCUT2D eigenvalue weighted by molar-refractivity contribution is 5.53. The van der Waals surface area contributed by atoms with Crippen LogP contribution in [0.4, 0.5) is 0 Å². The van der Waals surface area contributed by atoms with Gasteiger partial charge in [0.15, 0.2) is 17.6 Å². The molecule has 0 aliphatic rings. The van der Waals surface area contributed by atoms with E-state index >= 15 is 0 Å². The summed E-state index contributed by atoms with van der Waals surface area (Å²) in [4.78, 5) is 0. The fourth-order valence-corrected chi connectivity index (χ4v) is 1.15. The number of hydrogen-bond donors (Lipinski definition) is 2. The highest BCUT2D eigenvalue weighted by Gasteiger charge is 2.15. The van der Waals surface area contributed by atoms with Gasteiger partial charge in [0, 0.05) is 5.56 Å². The molecule has 1 unspecified atom stereocenters. The summed E-state index contributed by atoms with van der Waals surface area (Å²) in [6.07, 6.45) is -1.27. The molecule has 0 radical (unpaired) electrons. The van der Waals surface area contributed by atoms with Crippen LogP contribution in [0.15, 0.2) is 12.1 Å². The maximum Gasteiger partial charge on any atom is 0.200 e. The SMILES string of the molecule is COc1cc(C(O)C#N)cc(OC)c1O. The van der Waals surface area contributed by atoms with E-state index in [2.05, 4.69) is 0 Å². The van der Waals surface area contributed by atoms with Crippen LogP contribution in [0.3, 0.4) is 0 Å². The van der Waals surface area contributed by atoms with Crippen LogP contribution in [-0.2, 0) is 0 Å². The molecule has 0 amide bonds. The quantitative estimate of drug-likeness (QED) is 0.724. The van der Waals surface area contributed by atoms with Gasteiger partial charge in [0.05, 0.1) is 20.3 Å². The van der Waals surface area contributed by atoms with Crippen LogP contribution in [0.25, 0.3) is 0 Å². The molecule has 0 heterocycles. The number of hydrogen-bond acceptors (Lipinski definition) is 5. The first kappa shape index (κ1) is 11.1. The first-order valence-electron chi connectivity index (χ1n) is 4.16. The Kier molecular flexibility index (Phi) is 3.37. The molecule has 0 aliphatic carbocycles. The van der Waals surface area contributed by atoms with Crippen LogP contribution in [0.2, 0.25) is 0 Å². The second-order valence-corrected chi connectivity index (χ2v) is 2.81. The molecule has 0 saturated heterocycles. The number of phenolic OH excluding ortho intramolecular Hbond substituents is 1. The number of aliphatic hydroxyl groups is 1. The van der Waals surface area contributed by atoms with Gasteiger partial charge in [0.25, 0.3) is 0 Å². The molecule has 15 heavy (non-hydrogen) atoms. The molecule has 0 aromatic heterocycles. The van der Waals surface area contributed by atoms with E-state index < -0.39 is 6.10 Å². The summed E-state index contributed by atoms with van der Waals surface area (Å²) in [7, 11) is 2.74. The second kappa shape index (κ2) is 4.53. The van der Waals surface area contributed by atoms with Crippen molar-refractivity contribution in [1.82, 2.24) is 0 Å². The van der Waals surface area contributed by atoms with Crippen molar-refractivity contribution in [2.24, 2.45) is 0 Å². The zero-order valence-corrected chi connectivity index (χ0v) is 8.39. The number of nitriles is 1. The molecule has 1 aromatic rings. The van der Waals surface area contributed by atoms with E-state index in [4.69, 9.17) is 14.7 Å². The Hall–Kier alpha value is -1.93. The highest BCUT2D eigenvalue weighted by atomic mass is 16.5. The van der Waals surface area contributed by atoms with E-state index in [1.54, 1.807) is 6.07 Å². The lowest BCUT2D eigenvalue weighted by atomic mass is 10.1. The second-order valence-electron chi connectivity index (χ2n) is 2.81. The molecule has 1 aromatic carbocycles.